The number of rotatable bonds is 4. The molecule has 0 unspecified atom stereocenters. The van der Waals surface area contributed by atoms with Crippen molar-refractivity contribution in [2.24, 2.45) is 0 Å². The van der Waals surface area contributed by atoms with Crippen LogP contribution in [-0.4, -0.2) is 48.5 Å². The Hall–Kier alpha value is -2.39. The van der Waals surface area contributed by atoms with Gasteiger partial charge in [-0.05, 0) is 30.3 Å². The lowest BCUT2D eigenvalue weighted by Crippen LogP contribution is -2.49. The lowest BCUT2D eigenvalue weighted by molar-refractivity contribution is -0.137. The molecule has 1 aliphatic rings. The number of hydrogen-bond donors (Lipinski definition) is 1. The highest BCUT2D eigenvalue weighted by Crippen LogP contribution is 2.33. The lowest BCUT2D eigenvalue weighted by Gasteiger charge is -2.35. The highest BCUT2D eigenvalue weighted by molar-refractivity contribution is 6.33. The van der Waals surface area contributed by atoms with Gasteiger partial charge >= 0.3 is 6.18 Å². The van der Waals surface area contributed by atoms with Gasteiger partial charge in [0.25, 0.3) is 0 Å². The maximum atomic E-state index is 12.9. The number of nitrogens with zero attached hydrogens (tertiary/aromatic N) is 3. The molecule has 0 radical (unpaired) electrons. The van der Waals surface area contributed by atoms with Crippen molar-refractivity contribution >= 4 is 29.0 Å². The molecule has 1 aromatic heterocycles. The fourth-order valence-corrected chi connectivity index (χ4v) is 3.16. The summed E-state index contributed by atoms with van der Waals surface area (Å²) in [6.07, 6.45) is -3.73. The van der Waals surface area contributed by atoms with E-state index in [1.807, 2.05) is 4.90 Å². The van der Waals surface area contributed by atoms with Crippen LogP contribution in [0.3, 0.4) is 0 Å². The van der Waals surface area contributed by atoms with Gasteiger partial charge in [-0.15, -0.1) is 0 Å². The number of piperazine rings is 1. The Morgan fingerprint density at radius 3 is 2.36 bits per heavy atom. The number of benzene rings is 1. The number of nitrogens with one attached hydrogen (secondary N) is 1. The first kappa shape index (κ1) is 20.3. The van der Waals surface area contributed by atoms with Gasteiger partial charge in [0.2, 0.25) is 5.91 Å². The van der Waals surface area contributed by atoms with Crippen molar-refractivity contribution < 1.29 is 22.4 Å². The van der Waals surface area contributed by atoms with Gasteiger partial charge < -0.3 is 10.2 Å². The van der Waals surface area contributed by atoms with Crippen LogP contribution in [0, 0.1) is 5.82 Å². The first-order chi connectivity index (χ1) is 13.2. The Morgan fingerprint density at radius 1 is 1.14 bits per heavy atom. The second-order valence-electron chi connectivity index (χ2n) is 6.35. The van der Waals surface area contributed by atoms with E-state index in [9.17, 15) is 22.4 Å². The van der Waals surface area contributed by atoms with E-state index in [2.05, 4.69) is 10.3 Å². The van der Waals surface area contributed by atoms with Crippen LogP contribution in [-0.2, 0) is 11.0 Å². The second-order valence-corrected chi connectivity index (χ2v) is 6.75. The smallest absolute Gasteiger partial charge is 0.353 e. The van der Waals surface area contributed by atoms with Gasteiger partial charge in [0.05, 0.1) is 17.1 Å². The first-order valence-corrected chi connectivity index (χ1v) is 8.85. The molecule has 150 valence electrons. The van der Waals surface area contributed by atoms with Crippen molar-refractivity contribution in [3.05, 3.63) is 52.9 Å². The normalized spacial score (nSPS) is 15.5. The summed E-state index contributed by atoms with van der Waals surface area (Å²) in [5.41, 5.74) is -0.386. The number of carbonyl (C=O) groups is 1. The molecule has 0 aliphatic carbocycles. The third-order valence-corrected chi connectivity index (χ3v) is 4.59. The molecule has 1 fully saturated rings. The second kappa shape index (κ2) is 8.32. The quantitative estimate of drug-likeness (QED) is 0.773. The number of pyridine rings is 1. The van der Waals surface area contributed by atoms with Gasteiger partial charge in [0.15, 0.2) is 0 Å². The molecule has 0 bridgehead atoms. The molecule has 1 N–H and O–H groups in total. The summed E-state index contributed by atoms with van der Waals surface area (Å²) in [5, 5.41) is 2.63. The van der Waals surface area contributed by atoms with Gasteiger partial charge in [-0.2, -0.15) is 13.2 Å². The average molecular weight is 417 g/mol. The topological polar surface area (TPSA) is 48.5 Å². The number of alkyl halides is 3. The van der Waals surface area contributed by atoms with Gasteiger partial charge in [-0.25, -0.2) is 9.37 Å². The zero-order valence-corrected chi connectivity index (χ0v) is 15.4. The van der Waals surface area contributed by atoms with Crippen molar-refractivity contribution in [1.29, 1.82) is 0 Å². The van der Waals surface area contributed by atoms with Crippen LogP contribution < -0.4 is 10.2 Å². The summed E-state index contributed by atoms with van der Waals surface area (Å²) in [6.45, 7) is 2.15. The van der Waals surface area contributed by atoms with Crippen LogP contribution in [0.4, 0.5) is 29.1 Å². The zero-order chi connectivity index (χ0) is 20.3. The summed E-state index contributed by atoms with van der Waals surface area (Å²) in [6, 6.07) is 6.34. The summed E-state index contributed by atoms with van der Waals surface area (Å²) in [7, 11) is 0. The monoisotopic (exact) mass is 416 g/mol. The van der Waals surface area contributed by atoms with E-state index in [1.165, 1.54) is 24.3 Å². The number of amides is 1. The van der Waals surface area contributed by atoms with Crippen molar-refractivity contribution in [1.82, 2.24) is 9.88 Å². The molecule has 1 aromatic carbocycles. The van der Waals surface area contributed by atoms with Gasteiger partial charge in [0.1, 0.15) is 11.6 Å². The van der Waals surface area contributed by atoms with Crippen LogP contribution in [0.5, 0.6) is 0 Å². The summed E-state index contributed by atoms with van der Waals surface area (Å²) < 4.78 is 51.0. The Balaban J connectivity index is 1.53. The zero-order valence-electron chi connectivity index (χ0n) is 14.6. The van der Waals surface area contributed by atoms with Crippen LogP contribution in [0.25, 0.3) is 0 Å². The molecule has 2 aromatic rings. The molecule has 28 heavy (non-hydrogen) atoms. The molecule has 5 nitrogen and oxygen atoms in total. The van der Waals surface area contributed by atoms with Crippen LogP contribution in [0.15, 0.2) is 36.5 Å². The number of carbonyl (C=O) groups excluding carboxylic acids is 1. The van der Waals surface area contributed by atoms with Crippen LogP contribution in [0.1, 0.15) is 5.56 Å². The van der Waals surface area contributed by atoms with E-state index in [0.29, 0.717) is 37.7 Å². The molecule has 10 heteroatoms. The van der Waals surface area contributed by atoms with Crippen molar-refractivity contribution in [2.75, 3.05) is 42.9 Å². The molecule has 1 aliphatic heterocycles. The molecular weight excluding hydrogens is 400 g/mol. The molecular formula is C18H17ClF4N4O. The van der Waals surface area contributed by atoms with E-state index < -0.39 is 11.7 Å². The Morgan fingerprint density at radius 2 is 1.79 bits per heavy atom. The molecule has 3 rings (SSSR count). The van der Waals surface area contributed by atoms with Gasteiger partial charge in [0, 0.05) is 38.1 Å². The number of halogens is 5. The van der Waals surface area contributed by atoms with E-state index in [4.69, 9.17) is 11.6 Å². The molecule has 1 saturated heterocycles. The van der Waals surface area contributed by atoms with E-state index in [-0.39, 0.29) is 23.3 Å². The average Bonchev–Trinajstić information content (AvgIpc) is 2.63. The largest absolute Gasteiger partial charge is 0.417 e. The van der Waals surface area contributed by atoms with Crippen LogP contribution in [0.2, 0.25) is 5.02 Å². The van der Waals surface area contributed by atoms with E-state index in [0.717, 1.165) is 12.3 Å². The molecule has 2 heterocycles. The highest BCUT2D eigenvalue weighted by Gasteiger charge is 2.32. The summed E-state index contributed by atoms with van der Waals surface area (Å²) >= 11 is 5.98. The molecule has 0 saturated carbocycles. The molecule has 0 atom stereocenters. The van der Waals surface area contributed by atoms with Gasteiger partial charge in [-0.1, -0.05) is 11.6 Å². The highest BCUT2D eigenvalue weighted by atomic mass is 35.5. The predicted octanol–water partition coefficient (Wildman–Crippen LogP) is 3.65. The summed E-state index contributed by atoms with van der Waals surface area (Å²) in [4.78, 5) is 19.7. The third kappa shape index (κ3) is 5.11. The lowest BCUT2D eigenvalue weighted by atomic mass is 10.2. The standard InChI is InChI=1S/C18H17ClF4N4O/c19-15-9-12(18(21,22)23)10-24-17(15)27-7-5-26(6-8-27)11-16(28)25-14-3-1-13(20)2-4-14/h1-4,9-10H,5-8,11H2,(H,25,28). The molecule has 0 spiro atoms. The maximum absolute atomic E-state index is 12.9. The fraction of sp³-hybridized carbons (Fsp3) is 0.333. The minimum Gasteiger partial charge on any atom is -0.353 e. The molecule has 1 amide bonds. The Bertz CT molecular complexity index is 836. The van der Waals surface area contributed by atoms with E-state index in [1.54, 1.807) is 4.90 Å². The van der Waals surface area contributed by atoms with Crippen molar-refractivity contribution in [2.45, 2.75) is 6.18 Å². The van der Waals surface area contributed by atoms with Gasteiger partial charge in [-0.3, -0.25) is 9.69 Å². The number of hydrogen-bond acceptors (Lipinski definition) is 4. The van der Waals surface area contributed by atoms with Crippen molar-refractivity contribution in [3.63, 3.8) is 0 Å². The third-order valence-electron chi connectivity index (χ3n) is 4.32. The number of aromatic nitrogens is 1. The Kier molecular flexibility index (Phi) is 6.04. The Labute approximate surface area is 163 Å². The SMILES string of the molecule is O=C(CN1CCN(c2ncc(C(F)(F)F)cc2Cl)CC1)Nc1ccc(F)cc1. The predicted molar refractivity (Wildman–Crippen MR) is 97.9 cm³/mol. The minimum absolute atomic E-state index is 0.0580. The minimum atomic E-state index is -4.49. The fourth-order valence-electron chi connectivity index (χ4n) is 2.87. The van der Waals surface area contributed by atoms with E-state index >= 15 is 0 Å². The number of anilines is 2. The summed E-state index contributed by atoms with van der Waals surface area (Å²) in [5.74, 6) is -0.319. The first-order valence-electron chi connectivity index (χ1n) is 8.48. The van der Waals surface area contributed by atoms with Crippen LogP contribution >= 0.6 is 11.6 Å². The maximum Gasteiger partial charge on any atom is 0.417 e. The van der Waals surface area contributed by atoms with Crippen molar-refractivity contribution in [3.8, 4) is 0 Å².